The third-order valence-electron chi connectivity index (χ3n) is 2.82. The van der Waals surface area contributed by atoms with Crippen molar-refractivity contribution < 1.29 is 0 Å². The van der Waals surface area contributed by atoms with E-state index in [0.717, 1.165) is 12.5 Å². The van der Waals surface area contributed by atoms with Crippen LogP contribution >= 0.6 is 0 Å². The molecule has 4 heteroatoms. The van der Waals surface area contributed by atoms with Gasteiger partial charge >= 0.3 is 0 Å². The van der Waals surface area contributed by atoms with Crippen molar-refractivity contribution in [1.29, 1.82) is 0 Å². The Morgan fingerprint density at radius 1 is 1.64 bits per heavy atom. The van der Waals surface area contributed by atoms with E-state index in [9.17, 15) is 0 Å². The summed E-state index contributed by atoms with van der Waals surface area (Å²) >= 11 is 0. The predicted octanol–water partition coefficient (Wildman–Crippen LogP) is 1.27. The first kappa shape index (κ1) is 9.65. The van der Waals surface area contributed by atoms with Crippen molar-refractivity contribution in [1.82, 2.24) is 20.3 Å². The van der Waals surface area contributed by atoms with Crippen LogP contribution in [0, 0.1) is 5.92 Å². The molecule has 1 fully saturated rings. The largest absolute Gasteiger partial charge is 0.309 e. The van der Waals surface area contributed by atoms with E-state index in [1.54, 1.807) is 0 Å². The van der Waals surface area contributed by atoms with Crippen LogP contribution in [-0.4, -0.2) is 21.5 Å². The maximum absolute atomic E-state index is 3.97. The lowest BCUT2D eigenvalue weighted by molar-refractivity contribution is 0.456. The van der Waals surface area contributed by atoms with Gasteiger partial charge in [0.25, 0.3) is 0 Å². The molecule has 0 spiro atoms. The van der Waals surface area contributed by atoms with E-state index >= 15 is 0 Å². The summed E-state index contributed by atoms with van der Waals surface area (Å²) in [5.74, 6) is 0.925. The first-order valence-corrected chi connectivity index (χ1v) is 5.39. The number of aromatic nitrogens is 3. The highest BCUT2D eigenvalue weighted by Crippen LogP contribution is 2.37. The predicted molar refractivity (Wildman–Crippen MR) is 54.8 cm³/mol. The minimum atomic E-state index is 0.437. The summed E-state index contributed by atoms with van der Waals surface area (Å²) in [4.78, 5) is 0. The summed E-state index contributed by atoms with van der Waals surface area (Å²) in [5, 5.41) is 11.4. The quantitative estimate of drug-likeness (QED) is 0.767. The molecule has 4 nitrogen and oxygen atoms in total. The Bertz CT molecular complexity index is 290. The molecule has 1 atom stereocenters. The lowest BCUT2D eigenvalue weighted by atomic mass is 10.1. The Hall–Kier alpha value is -0.900. The molecule has 1 aromatic heterocycles. The van der Waals surface area contributed by atoms with Gasteiger partial charge in [0.2, 0.25) is 0 Å². The average molecular weight is 194 g/mol. The fourth-order valence-electron chi connectivity index (χ4n) is 1.86. The van der Waals surface area contributed by atoms with Crippen molar-refractivity contribution in [2.24, 2.45) is 13.0 Å². The van der Waals surface area contributed by atoms with Gasteiger partial charge in [-0.25, -0.2) is 0 Å². The molecule has 1 unspecified atom stereocenters. The number of rotatable bonds is 5. The van der Waals surface area contributed by atoms with Crippen LogP contribution in [0.4, 0.5) is 0 Å². The number of nitrogens with zero attached hydrogens (tertiary/aromatic N) is 3. The molecule has 0 amide bonds. The zero-order valence-corrected chi connectivity index (χ0v) is 8.90. The van der Waals surface area contributed by atoms with Gasteiger partial charge in [0.1, 0.15) is 0 Å². The highest BCUT2D eigenvalue weighted by molar-refractivity contribution is 5.03. The zero-order chi connectivity index (χ0) is 9.97. The maximum Gasteiger partial charge on any atom is 0.0753 e. The van der Waals surface area contributed by atoms with Gasteiger partial charge in [0.15, 0.2) is 0 Å². The van der Waals surface area contributed by atoms with Crippen molar-refractivity contribution in [3.63, 3.8) is 0 Å². The second-order valence-corrected chi connectivity index (χ2v) is 4.07. The molecular weight excluding hydrogens is 176 g/mol. The summed E-state index contributed by atoms with van der Waals surface area (Å²) in [6.45, 7) is 3.15. The standard InChI is InChI=1S/C10H18N4/c1-3-11-9(6-8-4-5-8)10-7-12-13-14(10)2/h7-9,11H,3-6H2,1-2H3. The van der Waals surface area contributed by atoms with Crippen LogP contribution in [-0.2, 0) is 7.05 Å². The lowest BCUT2D eigenvalue weighted by Crippen LogP contribution is -2.23. The SMILES string of the molecule is CCNC(CC1CC1)c1cnnn1C. The second-order valence-electron chi connectivity index (χ2n) is 4.07. The van der Waals surface area contributed by atoms with Gasteiger partial charge in [-0.3, -0.25) is 4.68 Å². The molecule has 0 bridgehead atoms. The minimum absolute atomic E-state index is 0.437. The number of hydrogen-bond acceptors (Lipinski definition) is 3. The highest BCUT2D eigenvalue weighted by Gasteiger charge is 2.27. The molecule has 1 aliphatic carbocycles. The van der Waals surface area contributed by atoms with Crippen LogP contribution in [0.15, 0.2) is 6.20 Å². The van der Waals surface area contributed by atoms with Crippen LogP contribution < -0.4 is 5.32 Å². The molecule has 1 heterocycles. The van der Waals surface area contributed by atoms with Crippen molar-refractivity contribution in [2.75, 3.05) is 6.54 Å². The van der Waals surface area contributed by atoms with E-state index in [4.69, 9.17) is 0 Å². The van der Waals surface area contributed by atoms with E-state index < -0.39 is 0 Å². The normalized spacial score (nSPS) is 18.4. The summed E-state index contributed by atoms with van der Waals surface area (Å²) in [5.41, 5.74) is 1.21. The zero-order valence-electron chi connectivity index (χ0n) is 8.90. The van der Waals surface area contributed by atoms with Crippen LogP contribution in [0.3, 0.4) is 0 Å². The molecule has 0 radical (unpaired) electrons. The summed E-state index contributed by atoms with van der Waals surface area (Å²) in [6.07, 6.45) is 5.89. The average Bonchev–Trinajstić information content (AvgIpc) is 2.87. The molecule has 0 aromatic carbocycles. The van der Waals surface area contributed by atoms with Crippen molar-refractivity contribution in [2.45, 2.75) is 32.2 Å². The fourth-order valence-corrected chi connectivity index (χ4v) is 1.86. The highest BCUT2D eigenvalue weighted by atomic mass is 15.4. The minimum Gasteiger partial charge on any atom is -0.309 e. The van der Waals surface area contributed by atoms with Crippen molar-refractivity contribution in [3.05, 3.63) is 11.9 Å². The first-order chi connectivity index (χ1) is 6.81. The lowest BCUT2D eigenvalue weighted by Gasteiger charge is -2.16. The molecular formula is C10H18N4. The van der Waals surface area contributed by atoms with Gasteiger partial charge in [0, 0.05) is 7.05 Å². The van der Waals surface area contributed by atoms with Crippen LogP contribution in [0.1, 0.15) is 37.9 Å². The van der Waals surface area contributed by atoms with Gasteiger partial charge in [-0.1, -0.05) is 25.0 Å². The number of hydrogen-bond donors (Lipinski definition) is 1. The molecule has 1 saturated carbocycles. The Kier molecular flexibility index (Phi) is 2.82. The Labute approximate surface area is 84.7 Å². The maximum atomic E-state index is 3.97. The molecule has 0 aliphatic heterocycles. The number of nitrogens with one attached hydrogen (secondary N) is 1. The first-order valence-electron chi connectivity index (χ1n) is 5.39. The van der Waals surface area contributed by atoms with Crippen molar-refractivity contribution >= 4 is 0 Å². The van der Waals surface area contributed by atoms with Crippen LogP contribution in [0.5, 0.6) is 0 Å². The summed E-state index contributed by atoms with van der Waals surface area (Å²) < 4.78 is 1.87. The molecule has 78 valence electrons. The van der Waals surface area contributed by atoms with Crippen LogP contribution in [0.2, 0.25) is 0 Å². The van der Waals surface area contributed by atoms with Gasteiger partial charge in [-0.05, 0) is 18.9 Å². The summed E-state index contributed by atoms with van der Waals surface area (Å²) in [6, 6.07) is 0.437. The van der Waals surface area contributed by atoms with Crippen molar-refractivity contribution in [3.8, 4) is 0 Å². The van der Waals surface area contributed by atoms with Gasteiger partial charge in [-0.15, -0.1) is 5.10 Å². The third kappa shape index (κ3) is 2.12. The fraction of sp³-hybridized carbons (Fsp3) is 0.800. The van der Waals surface area contributed by atoms with E-state index in [0.29, 0.717) is 6.04 Å². The molecule has 1 N–H and O–H groups in total. The molecule has 14 heavy (non-hydrogen) atoms. The Morgan fingerprint density at radius 2 is 2.43 bits per heavy atom. The van der Waals surface area contributed by atoms with E-state index in [1.165, 1.54) is 25.0 Å². The molecule has 2 rings (SSSR count). The van der Waals surface area contributed by atoms with Gasteiger partial charge < -0.3 is 5.32 Å². The molecule has 1 aromatic rings. The smallest absolute Gasteiger partial charge is 0.0753 e. The van der Waals surface area contributed by atoms with Gasteiger partial charge in [0.05, 0.1) is 17.9 Å². The molecule has 1 aliphatic rings. The topological polar surface area (TPSA) is 42.7 Å². The van der Waals surface area contributed by atoms with Gasteiger partial charge in [-0.2, -0.15) is 0 Å². The Morgan fingerprint density at radius 3 is 2.93 bits per heavy atom. The number of aryl methyl sites for hydroxylation is 1. The molecule has 0 saturated heterocycles. The third-order valence-corrected chi connectivity index (χ3v) is 2.82. The summed E-state index contributed by atoms with van der Waals surface area (Å²) in [7, 11) is 1.96. The van der Waals surface area contributed by atoms with Crippen LogP contribution in [0.25, 0.3) is 0 Å². The van der Waals surface area contributed by atoms with E-state index in [1.807, 2.05) is 17.9 Å². The Balaban J connectivity index is 2.04. The second kappa shape index (κ2) is 4.09. The van der Waals surface area contributed by atoms with E-state index in [-0.39, 0.29) is 0 Å². The monoisotopic (exact) mass is 194 g/mol. The van der Waals surface area contributed by atoms with E-state index in [2.05, 4.69) is 22.6 Å².